The normalized spacial score (nSPS) is 21.1. The highest BCUT2D eigenvalue weighted by molar-refractivity contribution is 7.87. The number of hydrogen-bond acceptors (Lipinski definition) is 3. The molecule has 1 aliphatic heterocycles. The lowest BCUT2D eigenvalue weighted by molar-refractivity contribution is 0.0831. The average Bonchev–Trinajstić information content (AvgIpc) is 2.06. The van der Waals surface area contributed by atoms with Crippen molar-refractivity contribution in [3.8, 4) is 0 Å². The van der Waals surface area contributed by atoms with Crippen molar-refractivity contribution in [2.75, 3.05) is 20.3 Å². The van der Waals surface area contributed by atoms with Gasteiger partial charge in [0.05, 0.1) is 0 Å². The van der Waals surface area contributed by atoms with E-state index in [1.165, 1.54) is 7.05 Å². The molecule has 0 bridgehead atoms. The van der Waals surface area contributed by atoms with Crippen LogP contribution in [0.3, 0.4) is 0 Å². The van der Waals surface area contributed by atoms with Crippen molar-refractivity contribution in [1.82, 2.24) is 9.44 Å². The average molecular weight is 194 g/mol. The molecule has 1 rings (SSSR count). The molecular weight excluding hydrogens is 180 g/mol. The van der Waals surface area contributed by atoms with Crippen LogP contribution in [0.2, 0.25) is 0 Å². The van der Waals surface area contributed by atoms with E-state index >= 15 is 0 Å². The van der Waals surface area contributed by atoms with Gasteiger partial charge < -0.3 is 4.74 Å². The van der Waals surface area contributed by atoms with Crippen molar-refractivity contribution >= 4 is 10.2 Å². The van der Waals surface area contributed by atoms with Gasteiger partial charge in [-0.1, -0.05) is 0 Å². The van der Waals surface area contributed by atoms with Crippen molar-refractivity contribution < 1.29 is 13.2 Å². The molecule has 0 amide bonds. The van der Waals surface area contributed by atoms with E-state index in [1.54, 1.807) is 0 Å². The van der Waals surface area contributed by atoms with Gasteiger partial charge in [-0.25, -0.2) is 4.72 Å². The Hall–Kier alpha value is -0.170. The van der Waals surface area contributed by atoms with Crippen LogP contribution in [0.25, 0.3) is 0 Å². The second-order valence-electron chi connectivity index (χ2n) is 2.71. The first-order chi connectivity index (χ1) is 5.64. The molecule has 2 N–H and O–H groups in total. The highest BCUT2D eigenvalue weighted by Gasteiger charge is 2.18. The standard InChI is InChI=1S/C6H14N2O3S/c1-7-12(9,10)8-6-2-4-11-5-3-6/h6-8H,2-5H2,1H3. The Morgan fingerprint density at radius 3 is 2.42 bits per heavy atom. The van der Waals surface area contributed by atoms with Crippen molar-refractivity contribution in [3.05, 3.63) is 0 Å². The number of hydrogen-bond donors (Lipinski definition) is 2. The summed E-state index contributed by atoms with van der Waals surface area (Å²) in [6.07, 6.45) is 1.50. The predicted octanol–water partition coefficient (Wildman–Crippen LogP) is -0.781. The van der Waals surface area contributed by atoms with Crippen LogP contribution >= 0.6 is 0 Å². The lowest BCUT2D eigenvalue weighted by atomic mass is 10.1. The molecule has 0 aromatic rings. The summed E-state index contributed by atoms with van der Waals surface area (Å²) in [4.78, 5) is 0. The summed E-state index contributed by atoms with van der Waals surface area (Å²) in [7, 11) is -1.88. The summed E-state index contributed by atoms with van der Waals surface area (Å²) in [6, 6.07) is 0.0243. The van der Waals surface area contributed by atoms with Crippen LogP contribution in [-0.4, -0.2) is 34.7 Å². The maximum Gasteiger partial charge on any atom is 0.276 e. The molecule has 1 aliphatic rings. The lowest BCUT2D eigenvalue weighted by Crippen LogP contribution is -2.43. The van der Waals surface area contributed by atoms with Gasteiger partial charge in [-0.3, -0.25) is 0 Å². The van der Waals surface area contributed by atoms with Crippen LogP contribution in [0.5, 0.6) is 0 Å². The Morgan fingerprint density at radius 2 is 1.92 bits per heavy atom. The third-order valence-corrected chi connectivity index (χ3v) is 2.99. The Balaban J connectivity index is 2.39. The second kappa shape index (κ2) is 4.18. The molecule has 1 heterocycles. The molecule has 0 aromatic heterocycles. The minimum Gasteiger partial charge on any atom is -0.381 e. The minimum absolute atomic E-state index is 0.0243. The van der Waals surface area contributed by atoms with Gasteiger partial charge in [0, 0.05) is 26.3 Å². The molecule has 0 unspecified atom stereocenters. The van der Waals surface area contributed by atoms with Gasteiger partial charge in [0.15, 0.2) is 0 Å². The molecule has 0 atom stereocenters. The third-order valence-electron chi connectivity index (χ3n) is 1.81. The van der Waals surface area contributed by atoms with Gasteiger partial charge >= 0.3 is 0 Å². The summed E-state index contributed by atoms with van der Waals surface area (Å²) in [5, 5.41) is 0. The van der Waals surface area contributed by atoms with E-state index in [1.807, 2.05) is 0 Å². The molecule has 0 aromatic carbocycles. The van der Waals surface area contributed by atoms with E-state index in [2.05, 4.69) is 9.44 Å². The van der Waals surface area contributed by atoms with Gasteiger partial charge in [0.2, 0.25) is 0 Å². The first kappa shape index (κ1) is 9.91. The van der Waals surface area contributed by atoms with Crippen molar-refractivity contribution in [2.24, 2.45) is 0 Å². The van der Waals surface area contributed by atoms with E-state index in [4.69, 9.17) is 4.74 Å². The molecule has 0 radical (unpaired) electrons. The molecule has 0 spiro atoms. The number of ether oxygens (including phenoxy) is 1. The third kappa shape index (κ3) is 3.06. The summed E-state index contributed by atoms with van der Waals surface area (Å²) in [5.74, 6) is 0. The Kier molecular flexibility index (Phi) is 3.45. The molecule has 72 valence electrons. The van der Waals surface area contributed by atoms with Crippen LogP contribution in [0, 0.1) is 0 Å². The molecule has 5 nitrogen and oxygen atoms in total. The maximum absolute atomic E-state index is 11.0. The monoisotopic (exact) mass is 194 g/mol. The number of rotatable bonds is 3. The van der Waals surface area contributed by atoms with E-state index in [0.717, 1.165) is 12.8 Å². The molecule has 6 heteroatoms. The predicted molar refractivity (Wildman–Crippen MR) is 45.0 cm³/mol. The van der Waals surface area contributed by atoms with Gasteiger partial charge in [0.1, 0.15) is 0 Å². The van der Waals surface area contributed by atoms with Crippen LogP contribution in [0.15, 0.2) is 0 Å². The first-order valence-corrected chi connectivity index (χ1v) is 5.41. The van der Waals surface area contributed by atoms with Gasteiger partial charge in [-0.2, -0.15) is 13.1 Å². The molecule has 0 aliphatic carbocycles. The smallest absolute Gasteiger partial charge is 0.276 e. The number of nitrogens with one attached hydrogen (secondary N) is 2. The first-order valence-electron chi connectivity index (χ1n) is 3.92. The Labute approximate surface area is 72.7 Å². The second-order valence-corrected chi connectivity index (χ2v) is 4.36. The molecule has 1 fully saturated rings. The van der Waals surface area contributed by atoms with Crippen LogP contribution in [0.1, 0.15) is 12.8 Å². The van der Waals surface area contributed by atoms with Crippen LogP contribution in [-0.2, 0) is 14.9 Å². The summed E-state index contributed by atoms with van der Waals surface area (Å²) < 4.78 is 31.8. The van der Waals surface area contributed by atoms with Crippen LogP contribution < -0.4 is 9.44 Å². The Bertz CT molecular complexity index is 221. The van der Waals surface area contributed by atoms with E-state index in [9.17, 15) is 8.42 Å². The fourth-order valence-electron chi connectivity index (χ4n) is 1.09. The molecule has 0 saturated carbocycles. The van der Waals surface area contributed by atoms with E-state index in [0.29, 0.717) is 13.2 Å². The zero-order valence-corrected chi connectivity index (χ0v) is 7.86. The molecule has 1 saturated heterocycles. The van der Waals surface area contributed by atoms with Crippen LogP contribution in [0.4, 0.5) is 0 Å². The minimum atomic E-state index is -3.27. The van der Waals surface area contributed by atoms with Gasteiger partial charge in [-0.15, -0.1) is 0 Å². The quantitative estimate of drug-likeness (QED) is 0.619. The zero-order valence-electron chi connectivity index (χ0n) is 7.04. The van der Waals surface area contributed by atoms with Crippen molar-refractivity contribution in [1.29, 1.82) is 0 Å². The summed E-state index contributed by atoms with van der Waals surface area (Å²) in [5.41, 5.74) is 0. The lowest BCUT2D eigenvalue weighted by Gasteiger charge is -2.22. The SMILES string of the molecule is CNS(=O)(=O)NC1CCOCC1. The highest BCUT2D eigenvalue weighted by atomic mass is 32.2. The fraction of sp³-hybridized carbons (Fsp3) is 1.00. The fourth-order valence-corrected chi connectivity index (χ4v) is 1.89. The van der Waals surface area contributed by atoms with E-state index in [-0.39, 0.29) is 6.04 Å². The van der Waals surface area contributed by atoms with E-state index < -0.39 is 10.2 Å². The summed E-state index contributed by atoms with van der Waals surface area (Å²) >= 11 is 0. The maximum atomic E-state index is 11.0. The topological polar surface area (TPSA) is 67.4 Å². The molecular formula is C6H14N2O3S. The van der Waals surface area contributed by atoms with Crippen molar-refractivity contribution in [2.45, 2.75) is 18.9 Å². The van der Waals surface area contributed by atoms with Gasteiger partial charge in [-0.05, 0) is 12.8 Å². The molecule has 12 heavy (non-hydrogen) atoms. The highest BCUT2D eigenvalue weighted by Crippen LogP contribution is 2.06. The summed E-state index contributed by atoms with van der Waals surface area (Å²) in [6.45, 7) is 1.27. The van der Waals surface area contributed by atoms with Gasteiger partial charge in [0.25, 0.3) is 10.2 Å². The Morgan fingerprint density at radius 1 is 1.33 bits per heavy atom. The largest absolute Gasteiger partial charge is 0.381 e. The van der Waals surface area contributed by atoms with Crippen molar-refractivity contribution in [3.63, 3.8) is 0 Å². The zero-order chi connectivity index (χ0) is 9.03.